The summed E-state index contributed by atoms with van der Waals surface area (Å²) in [5, 5.41) is 32.1. The van der Waals surface area contributed by atoms with Crippen LogP contribution in [0.25, 0.3) is 11.0 Å². The molecule has 0 radical (unpaired) electrons. The summed E-state index contributed by atoms with van der Waals surface area (Å²) in [5.74, 6) is -0.649. The number of para-hydroxylation sites is 1. The van der Waals surface area contributed by atoms with Crippen LogP contribution in [0.2, 0.25) is 0 Å². The number of ether oxygens (including phenoxy) is 1. The molecule has 1 aliphatic heterocycles. The van der Waals surface area contributed by atoms with Gasteiger partial charge in [0.2, 0.25) is 0 Å². The Labute approximate surface area is 196 Å². The lowest BCUT2D eigenvalue weighted by atomic mass is 9.86. The van der Waals surface area contributed by atoms with E-state index in [2.05, 4.69) is 0 Å². The van der Waals surface area contributed by atoms with Crippen LogP contribution in [0.1, 0.15) is 36.8 Å². The number of fused-ring (bicyclic) bond motifs is 1. The fraction of sp³-hybridized carbons (Fsp3) is 0.400. The number of hydrogen-bond acceptors (Lipinski definition) is 9. The maximum atomic E-state index is 13.0. The molecule has 3 unspecified atom stereocenters. The lowest BCUT2D eigenvalue weighted by Crippen LogP contribution is -2.37. The van der Waals surface area contributed by atoms with Crippen LogP contribution in [0.3, 0.4) is 0 Å². The Bertz CT molecular complexity index is 1150. The topological polar surface area (TPSA) is 122 Å². The zero-order valence-corrected chi connectivity index (χ0v) is 19.0. The number of hydrogen-bond donors (Lipinski definition) is 3. The van der Waals surface area contributed by atoms with Crippen LogP contribution in [-0.2, 0) is 14.4 Å². The predicted octanol–water partition coefficient (Wildman–Crippen LogP) is 2.67. The average molecular weight is 472 g/mol. The molecule has 2 heterocycles. The summed E-state index contributed by atoms with van der Waals surface area (Å²) in [4.78, 5) is 24.2. The van der Waals surface area contributed by atoms with Crippen molar-refractivity contribution in [3.05, 3.63) is 76.1 Å². The largest absolute Gasteiger partial charge is 0.507 e. The molecule has 2 aromatic carbocycles. The minimum Gasteiger partial charge on any atom is -0.507 e. The molecule has 1 fully saturated rings. The Morgan fingerprint density at radius 1 is 1.15 bits per heavy atom. The van der Waals surface area contributed by atoms with E-state index in [9.17, 15) is 20.1 Å². The zero-order valence-electron chi connectivity index (χ0n) is 19.0. The molecule has 9 nitrogen and oxygen atoms in total. The quantitative estimate of drug-likeness (QED) is 0.319. The van der Waals surface area contributed by atoms with Gasteiger partial charge in [-0.05, 0) is 31.0 Å². The van der Waals surface area contributed by atoms with Crippen molar-refractivity contribution >= 4 is 11.0 Å². The SMILES string of the molecule is CON(OC1C[C@@H](O)[C@H](CO)O1)C(C)CC(c1ccccc1)c1c(O)c2ccccc2oc1=O. The normalized spacial score (nSPS) is 22.3. The number of aliphatic hydroxyl groups is 2. The van der Waals surface area contributed by atoms with Crippen molar-refractivity contribution in [2.45, 2.75) is 50.2 Å². The van der Waals surface area contributed by atoms with E-state index in [1.54, 1.807) is 24.3 Å². The average Bonchev–Trinajstić information content (AvgIpc) is 3.21. The molecule has 0 aliphatic carbocycles. The van der Waals surface area contributed by atoms with Crippen LogP contribution in [0.4, 0.5) is 0 Å². The Morgan fingerprint density at radius 3 is 2.53 bits per heavy atom. The van der Waals surface area contributed by atoms with Crippen LogP contribution in [-0.4, -0.2) is 58.8 Å². The molecule has 3 aromatic rings. The molecule has 0 spiro atoms. The van der Waals surface area contributed by atoms with Gasteiger partial charge in [0.05, 0.1) is 36.8 Å². The third-order valence-corrected chi connectivity index (χ3v) is 6.08. The highest BCUT2D eigenvalue weighted by Crippen LogP contribution is 2.37. The van der Waals surface area contributed by atoms with Crippen molar-refractivity contribution in [2.75, 3.05) is 13.7 Å². The third kappa shape index (κ3) is 5.00. The van der Waals surface area contributed by atoms with Crippen LogP contribution in [0.5, 0.6) is 5.75 Å². The highest BCUT2D eigenvalue weighted by atomic mass is 17.0. The lowest BCUT2D eigenvalue weighted by molar-refractivity contribution is -0.422. The molecule has 182 valence electrons. The number of rotatable bonds is 9. The van der Waals surface area contributed by atoms with E-state index >= 15 is 0 Å². The molecule has 0 saturated carbocycles. The Morgan fingerprint density at radius 2 is 1.85 bits per heavy atom. The van der Waals surface area contributed by atoms with Crippen molar-refractivity contribution in [3.63, 3.8) is 0 Å². The summed E-state index contributed by atoms with van der Waals surface area (Å²) < 4.78 is 11.0. The molecule has 4 rings (SSSR count). The van der Waals surface area contributed by atoms with Gasteiger partial charge in [-0.15, -0.1) is 0 Å². The van der Waals surface area contributed by atoms with Crippen molar-refractivity contribution in [1.82, 2.24) is 5.23 Å². The Hall–Kier alpha value is -2.79. The van der Waals surface area contributed by atoms with Gasteiger partial charge in [0.1, 0.15) is 17.4 Å². The van der Waals surface area contributed by atoms with E-state index in [0.29, 0.717) is 17.4 Å². The van der Waals surface area contributed by atoms with Gasteiger partial charge in [-0.2, -0.15) is 0 Å². The minimum atomic E-state index is -0.847. The van der Waals surface area contributed by atoms with Gasteiger partial charge in [-0.3, -0.25) is 4.84 Å². The summed E-state index contributed by atoms with van der Waals surface area (Å²) in [7, 11) is 1.44. The summed E-state index contributed by atoms with van der Waals surface area (Å²) in [6.45, 7) is 1.52. The lowest BCUT2D eigenvalue weighted by Gasteiger charge is -2.30. The molecular weight excluding hydrogens is 442 g/mol. The van der Waals surface area contributed by atoms with Crippen LogP contribution in [0.15, 0.2) is 63.8 Å². The maximum Gasteiger partial charge on any atom is 0.343 e. The molecular formula is C25H29NO8. The van der Waals surface area contributed by atoms with Crippen LogP contribution in [0, 0.1) is 0 Å². The molecule has 9 heteroatoms. The second-order valence-electron chi connectivity index (χ2n) is 8.36. The van der Waals surface area contributed by atoms with E-state index in [0.717, 1.165) is 5.56 Å². The molecule has 1 saturated heterocycles. The fourth-order valence-electron chi connectivity index (χ4n) is 4.35. The van der Waals surface area contributed by atoms with E-state index in [1.165, 1.54) is 12.3 Å². The van der Waals surface area contributed by atoms with Gasteiger partial charge in [-0.25, -0.2) is 9.63 Å². The van der Waals surface area contributed by atoms with E-state index < -0.39 is 36.1 Å². The number of benzene rings is 2. The number of aliphatic hydroxyl groups excluding tert-OH is 2. The summed E-state index contributed by atoms with van der Waals surface area (Å²) in [6, 6.07) is 15.8. The molecule has 0 bridgehead atoms. The first kappa shape index (κ1) is 24.3. The predicted molar refractivity (Wildman–Crippen MR) is 123 cm³/mol. The highest BCUT2D eigenvalue weighted by molar-refractivity contribution is 5.84. The zero-order chi connectivity index (χ0) is 24.2. The second-order valence-corrected chi connectivity index (χ2v) is 8.36. The monoisotopic (exact) mass is 471 g/mol. The van der Waals surface area contributed by atoms with E-state index in [-0.39, 0.29) is 24.3 Å². The fourth-order valence-corrected chi connectivity index (χ4v) is 4.35. The van der Waals surface area contributed by atoms with Crippen LogP contribution < -0.4 is 5.63 Å². The van der Waals surface area contributed by atoms with Gasteiger partial charge in [0.15, 0.2) is 6.29 Å². The summed E-state index contributed by atoms with van der Waals surface area (Å²) in [6.07, 6.45) is -1.87. The summed E-state index contributed by atoms with van der Waals surface area (Å²) in [5.41, 5.74) is 0.665. The summed E-state index contributed by atoms with van der Waals surface area (Å²) >= 11 is 0. The first-order valence-corrected chi connectivity index (χ1v) is 11.2. The van der Waals surface area contributed by atoms with Gasteiger partial charge in [-0.1, -0.05) is 47.7 Å². The van der Waals surface area contributed by atoms with Crippen molar-refractivity contribution < 1.29 is 34.1 Å². The highest BCUT2D eigenvalue weighted by Gasteiger charge is 2.37. The van der Waals surface area contributed by atoms with Gasteiger partial charge >= 0.3 is 5.63 Å². The molecule has 0 amide bonds. The standard InChI is InChI=1S/C25H29NO8/c1-15(26(31-2)34-22-13-19(28)21(14-27)32-22)12-18(16-8-4-3-5-9-16)23-24(29)17-10-6-7-11-20(17)33-25(23)30/h3-11,15,18-19,21-22,27-29H,12-14H2,1-2H3/t15?,18?,19-,21+,22?/m1/s1. The smallest absolute Gasteiger partial charge is 0.343 e. The number of aromatic hydroxyl groups is 1. The third-order valence-electron chi connectivity index (χ3n) is 6.08. The van der Waals surface area contributed by atoms with Crippen molar-refractivity contribution in [2.24, 2.45) is 0 Å². The minimum absolute atomic E-state index is 0.120. The first-order valence-electron chi connectivity index (χ1n) is 11.2. The van der Waals surface area contributed by atoms with Gasteiger partial charge in [0.25, 0.3) is 0 Å². The van der Waals surface area contributed by atoms with Gasteiger partial charge in [0, 0.05) is 12.3 Å². The number of nitrogens with zero attached hydrogens (tertiary/aromatic N) is 1. The van der Waals surface area contributed by atoms with Crippen LogP contribution >= 0.6 is 0 Å². The molecule has 3 N–H and O–H groups in total. The maximum absolute atomic E-state index is 13.0. The van der Waals surface area contributed by atoms with Crippen molar-refractivity contribution in [1.29, 1.82) is 0 Å². The molecule has 1 aromatic heterocycles. The molecule has 34 heavy (non-hydrogen) atoms. The van der Waals surface area contributed by atoms with E-state index in [1.807, 2.05) is 37.3 Å². The van der Waals surface area contributed by atoms with E-state index in [4.69, 9.17) is 18.8 Å². The first-order chi connectivity index (χ1) is 16.4. The second kappa shape index (κ2) is 10.6. The Kier molecular flexibility index (Phi) is 7.62. The van der Waals surface area contributed by atoms with Crippen molar-refractivity contribution in [3.8, 4) is 5.75 Å². The number of hydroxylamine groups is 2. The Balaban J connectivity index is 1.64. The molecule has 5 atom stereocenters. The molecule has 1 aliphatic rings. The van der Waals surface area contributed by atoms with Gasteiger partial charge < -0.3 is 24.5 Å².